The third-order valence-electron chi connectivity index (χ3n) is 4.21. The van der Waals surface area contributed by atoms with E-state index in [1.807, 2.05) is 5.32 Å². The maximum absolute atomic E-state index is 13.0. The number of hydrogen-bond acceptors (Lipinski definition) is 4. The summed E-state index contributed by atoms with van der Waals surface area (Å²) in [7, 11) is 0. The number of halogens is 2. The molecule has 1 spiro atoms. The molecule has 126 valence electrons. The minimum Gasteiger partial charge on any atom is -0.417 e. The second kappa shape index (κ2) is 5.47. The number of carbonyl (C=O) groups excluding carboxylic acids is 3. The molecular weight excluding hydrogens is 367 g/mol. The van der Waals surface area contributed by atoms with E-state index in [2.05, 4.69) is 0 Å². The first-order chi connectivity index (χ1) is 11.9. The Morgan fingerprint density at radius 1 is 1.00 bits per heavy atom. The Labute approximate surface area is 152 Å². The van der Waals surface area contributed by atoms with Crippen LogP contribution in [0.5, 0.6) is 0 Å². The average Bonchev–Trinajstić information content (AvgIpc) is 2.99. The normalized spacial score (nSPS) is 21.5. The zero-order chi connectivity index (χ0) is 17.8. The summed E-state index contributed by atoms with van der Waals surface area (Å²) in [6.45, 7) is 0.192. The minimum atomic E-state index is -2.02. The van der Waals surface area contributed by atoms with E-state index in [1.165, 1.54) is 11.0 Å². The van der Waals surface area contributed by atoms with Crippen LogP contribution < -0.4 is 10.2 Å². The Balaban J connectivity index is 1.82. The van der Waals surface area contributed by atoms with Crippen LogP contribution in [0.15, 0.2) is 42.5 Å². The van der Waals surface area contributed by atoms with Crippen molar-refractivity contribution in [3.05, 3.63) is 63.6 Å². The van der Waals surface area contributed by atoms with E-state index in [-0.39, 0.29) is 12.1 Å². The largest absolute Gasteiger partial charge is 0.417 e. The van der Waals surface area contributed by atoms with Crippen molar-refractivity contribution < 1.29 is 19.1 Å². The second-order valence-corrected chi connectivity index (χ2v) is 6.58. The van der Waals surface area contributed by atoms with E-state index >= 15 is 0 Å². The third-order valence-corrected chi connectivity index (χ3v) is 4.70. The quantitative estimate of drug-likeness (QED) is 0.817. The number of imide groups is 1. The predicted octanol–water partition coefficient (Wildman–Crippen LogP) is 3.00. The minimum absolute atomic E-state index is 0.192. The molecule has 1 fully saturated rings. The number of benzene rings is 2. The van der Waals surface area contributed by atoms with Crippen LogP contribution in [0, 0.1) is 0 Å². The number of amides is 3. The summed E-state index contributed by atoms with van der Waals surface area (Å²) >= 11 is 11.9. The Bertz CT molecular complexity index is 929. The number of hydrogen-bond donors (Lipinski definition) is 1. The lowest BCUT2D eigenvalue weighted by Crippen LogP contribution is -2.46. The first-order valence-electron chi connectivity index (χ1n) is 7.32. The van der Waals surface area contributed by atoms with Crippen LogP contribution in [0.25, 0.3) is 0 Å². The molecule has 4 rings (SSSR count). The molecule has 1 atom stereocenters. The molecule has 0 bridgehead atoms. The van der Waals surface area contributed by atoms with E-state index < -0.39 is 23.5 Å². The maximum atomic E-state index is 13.0. The zero-order valence-electron chi connectivity index (χ0n) is 12.6. The number of anilines is 1. The fourth-order valence-corrected chi connectivity index (χ4v) is 3.38. The predicted molar refractivity (Wildman–Crippen MR) is 90.4 cm³/mol. The van der Waals surface area contributed by atoms with Crippen LogP contribution in [0.1, 0.15) is 11.1 Å². The molecule has 0 radical (unpaired) electrons. The van der Waals surface area contributed by atoms with E-state index in [1.54, 1.807) is 36.4 Å². The number of carbonyl (C=O) groups is 3. The van der Waals surface area contributed by atoms with E-state index in [0.717, 1.165) is 5.56 Å². The van der Waals surface area contributed by atoms with Gasteiger partial charge in [-0.2, -0.15) is 0 Å². The summed E-state index contributed by atoms with van der Waals surface area (Å²) in [6, 6.07) is 11.7. The van der Waals surface area contributed by atoms with Gasteiger partial charge >= 0.3 is 6.09 Å². The van der Waals surface area contributed by atoms with Crippen molar-refractivity contribution in [1.82, 2.24) is 5.32 Å². The zero-order valence-corrected chi connectivity index (χ0v) is 14.1. The molecule has 2 aliphatic heterocycles. The van der Waals surface area contributed by atoms with Crippen molar-refractivity contribution in [2.75, 3.05) is 4.90 Å². The SMILES string of the molecule is O=C1NC(=O)C2(O1)C(=O)N(Cc1ccc(Cl)cc1)c1ccc(Cl)cc12. The fraction of sp³-hybridized carbons (Fsp3) is 0.118. The van der Waals surface area contributed by atoms with Crippen molar-refractivity contribution in [1.29, 1.82) is 0 Å². The molecule has 8 heteroatoms. The summed E-state index contributed by atoms with van der Waals surface area (Å²) < 4.78 is 5.13. The Morgan fingerprint density at radius 2 is 1.68 bits per heavy atom. The van der Waals surface area contributed by atoms with Crippen molar-refractivity contribution in [2.45, 2.75) is 12.1 Å². The standard InChI is InChI=1S/C17H10Cl2N2O4/c18-10-3-1-9(2-4-10)8-21-13-6-5-11(19)7-12(13)17(15(21)23)14(22)20-16(24)25-17/h1-7H,8H2,(H,20,22,24). The van der Waals surface area contributed by atoms with Gasteiger partial charge in [0.05, 0.1) is 12.2 Å². The summed E-state index contributed by atoms with van der Waals surface area (Å²) in [4.78, 5) is 38.4. The molecule has 25 heavy (non-hydrogen) atoms. The average molecular weight is 377 g/mol. The topological polar surface area (TPSA) is 75.7 Å². The molecule has 6 nitrogen and oxygen atoms in total. The summed E-state index contributed by atoms with van der Waals surface area (Å²) in [5, 5.41) is 2.93. The van der Waals surface area contributed by atoms with Crippen LogP contribution in [0.3, 0.4) is 0 Å². The monoisotopic (exact) mass is 376 g/mol. The summed E-state index contributed by atoms with van der Waals surface area (Å²) in [5.41, 5.74) is -0.499. The molecule has 2 aliphatic rings. The summed E-state index contributed by atoms with van der Waals surface area (Å²) in [6.07, 6.45) is -0.961. The number of fused-ring (bicyclic) bond motifs is 2. The first kappa shape index (κ1) is 15.9. The van der Waals surface area contributed by atoms with Gasteiger partial charge in [0.25, 0.3) is 17.4 Å². The fourth-order valence-electron chi connectivity index (χ4n) is 3.08. The van der Waals surface area contributed by atoms with Gasteiger partial charge < -0.3 is 9.64 Å². The first-order valence-corrected chi connectivity index (χ1v) is 8.08. The van der Waals surface area contributed by atoms with Crippen LogP contribution >= 0.6 is 23.2 Å². The Hall–Kier alpha value is -2.57. The maximum Gasteiger partial charge on any atom is 0.415 e. The van der Waals surface area contributed by atoms with Gasteiger partial charge in [0.1, 0.15) is 0 Å². The molecule has 0 aliphatic carbocycles. The molecule has 1 unspecified atom stereocenters. The molecule has 1 N–H and O–H groups in total. The van der Waals surface area contributed by atoms with Crippen LogP contribution in [0.2, 0.25) is 10.0 Å². The van der Waals surface area contributed by atoms with E-state index in [9.17, 15) is 14.4 Å². The van der Waals surface area contributed by atoms with Gasteiger partial charge in [-0.15, -0.1) is 0 Å². The van der Waals surface area contributed by atoms with Crippen molar-refractivity contribution >= 4 is 46.8 Å². The van der Waals surface area contributed by atoms with Gasteiger partial charge in [-0.1, -0.05) is 35.3 Å². The molecule has 2 heterocycles. The van der Waals surface area contributed by atoms with Crippen LogP contribution in [-0.4, -0.2) is 17.9 Å². The lowest BCUT2D eigenvalue weighted by molar-refractivity contribution is -0.145. The van der Waals surface area contributed by atoms with Crippen LogP contribution in [-0.2, 0) is 26.5 Å². The van der Waals surface area contributed by atoms with Crippen molar-refractivity contribution in [3.63, 3.8) is 0 Å². The molecule has 2 aromatic carbocycles. The van der Waals surface area contributed by atoms with Gasteiger partial charge in [-0.05, 0) is 35.9 Å². The molecule has 1 saturated heterocycles. The van der Waals surface area contributed by atoms with Crippen LogP contribution in [0.4, 0.5) is 10.5 Å². The molecule has 3 amide bonds. The number of nitrogens with zero attached hydrogens (tertiary/aromatic N) is 1. The van der Waals surface area contributed by atoms with Gasteiger partial charge in [0.2, 0.25) is 0 Å². The highest BCUT2D eigenvalue weighted by atomic mass is 35.5. The van der Waals surface area contributed by atoms with Crippen molar-refractivity contribution in [3.8, 4) is 0 Å². The highest BCUT2D eigenvalue weighted by molar-refractivity contribution is 6.32. The number of ether oxygens (including phenoxy) is 1. The molecule has 0 saturated carbocycles. The number of alkyl carbamates (subject to hydrolysis) is 1. The summed E-state index contributed by atoms with van der Waals surface area (Å²) in [5.74, 6) is -1.45. The van der Waals surface area contributed by atoms with Crippen molar-refractivity contribution in [2.24, 2.45) is 0 Å². The third kappa shape index (κ3) is 2.29. The Kier molecular flexibility index (Phi) is 3.49. The smallest absolute Gasteiger partial charge is 0.415 e. The second-order valence-electron chi connectivity index (χ2n) is 5.70. The van der Waals surface area contributed by atoms with Gasteiger partial charge in [-0.25, -0.2) is 4.79 Å². The lowest BCUT2D eigenvalue weighted by atomic mass is 9.95. The molecule has 0 aromatic heterocycles. The van der Waals surface area contributed by atoms with E-state index in [4.69, 9.17) is 27.9 Å². The Morgan fingerprint density at radius 3 is 2.32 bits per heavy atom. The number of nitrogens with one attached hydrogen (secondary N) is 1. The van der Waals surface area contributed by atoms with Gasteiger partial charge in [-0.3, -0.25) is 14.9 Å². The highest BCUT2D eigenvalue weighted by Crippen LogP contribution is 2.46. The molecule has 2 aromatic rings. The highest BCUT2D eigenvalue weighted by Gasteiger charge is 2.63. The van der Waals surface area contributed by atoms with Gasteiger partial charge in [0.15, 0.2) is 0 Å². The molecular formula is C17H10Cl2N2O4. The number of rotatable bonds is 2. The van der Waals surface area contributed by atoms with E-state index in [0.29, 0.717) is 15.7 Å². The lowest BCUT2D eigenvalue weighted by Gasteiger charge is -2.20. The van der Waals surface area contributed by atoms with Gasteiger partial charge in [0, 0.05) is 15.6 Å².